The quantitative estimate of drug-likeness (QED) is 0.606. The molecule has 2 heterocycles. The number of halogens is 2. The van der Waals surface area contributed by atoms with Crippen molar-refractivity contribution in [1.82, 2.24) is 14.9 Å². The molecule has 0 radical (unpaired) electrons. The highest BCUT2D eigenvalue weighted by Crippen LogP contribution is 2.28. The average Bonchev–Trinajstić information content (AvgIpc) is 3.11. The Morgan fingerprint density at radius 1 is 1.18 bits per heavy atom. The third-order valence-corrected chi connectivity index (χ3v) is 6.85. The van der Waals surface area contributed by atoms with Crippen LogP contribution in [0.25, 0.3) is 0 Å². The highest BCUT2D eigenvalue weighted by molar-refractivity contribution is 7.99. The molecule has 0 saturated heterocycles. The molecule has 0 fully saturated rings. The second-order valence-electron chi connectivity index (χ2n) is 5.81. The van der Waals surface area contributed by atoms with Gasteiger partial charge in [0.25, 0.3) is 10.0 Å². The Bertz CT molecular complexity index is 1110. The largest absolute Gasteiger partial charge is 0.486 e. The second-order valence-corrected chi connectivity index (χ2v) is 9.15. The minimum atomic E-state index is -3.87. The van der Waals surface area contributed by atoms with Gasteiger partial charge >= 0.3 is 0 Å². The zero-order valence-corrected chi connectivity index (χ0v) is 16.7. The van der Waals surface area contributed by atoms with E-state index in [0.717, 1.165) is 0 Å². The Labute approximate surface area is 170 Å². The Hall–Kier alpha value is -2.30. The molecule has 7 nitrogen and oxygen atoms in total. The maximum atomic E-state index is 13.2. The summed E-state index contributed by atoms with van der Waals surface area (Å²) >= 11 is 7.37. The Morgan fingerprint density at radius 3 is 2.71 bits per heavy atom. The number of benzene rings is 2. The number of sulfonamides is 1. The standard InChI is InChI=1S/C17H14ClFN4O3S2/c18-12-2-1-3-15(10-12)28(24,25)22-8-9-27-17-21-20-16(23(17)22)11-26-14-6-4-13(19)5-7-14/h1-7,10H,8-9,11H2. The summed E-state index contributed by atoms with van der Waals surface area (Å²) in [5.41, 5.74) is 0. The lowest BCUT2D eigenvalue weighted by Gasteiger charge is -2.30. The number of thioether (sulfide) groups is 1. The molecule has 0 aliphatic carbocycles. The monoisotopic (exact) mass is 440 g/mol. The van der Waals surface area contributed by atoms with Crippen molar-refractivity contribution in [1.29, 1.82) is 0 Å². The number of aromatic nitrogens is 3. The first-order chi connectivity index (χ1) is 13.4. The molecule has 1 aliphatic heterocycles. The minimum absolute atomic E-state index is 0.0270. The van der Waals surface area contributed by atoms with E-state index in [2.05, 4.69) is 10.2 Å². The van der Waals surface area contributed by atoms with E-state index in [4.69, 9.17) is 16.3 Å². The molecule has 28 heavy (non-hydrogen) atoms. The lowest BCUT2D eigenvalue weighted by Crippen LogP contribution is -2.45. The summed E-state index contributed by atoms with van der Waals surface area (Å²) in [6.07, 6.45) is 0. The van der Waals surface area contributed by atoms with Crippen molar-refractivity contribution in [3.05, 3.63) is 65.2 Å². The lowest BCUT2D eigenvalue weighted by molar-refractivity contribution is 0.288. The predicted molar refractivity (Wildman–Crippen MR) is 103 cm³/mol. The highest BCUT2D eigenvalue weighted by atomic mass is 35.5. The van der Waals surface area contributed by atoms with E-state index in [1.807, 2.05) is 0 Å². The van der Waals surface area contributed by atoms with Crippen LogP contribution in [0.15, 0.2) is 58.6 Å². The molecule has 0 amide bonds. The molecule has 0 atom stereocenters. The summed E-state index contributed by atoms with van der Waals surface area (Å²) in [6.45, 7) is 0.217. The molecule has 0 spiro atoms. The first-order valence-corrected chi connectivity index (χ1v) is 11.0. The molecule has 4 rings (SSSR count). The molecule has 0 N–H and O–H groups in total. The van der Waals surface area contributed by atoms with Crippen LogP contribution in [-0.2, 0) is 16.6 Å². The first-order valence-electron chi connectivity index (χ1n) is 8.19. The third kappa shape index (κ3) is 3.67. The van der Waals surface area contributed by atoms with Gasteiger partial charge in [0, 0.05) is 10.8 Å². The van der Waals surface area contributed by atoms with Gasteiger partial charge in [-0.3, -0.25) is 0 Å². The summed E-state index contributed by atoms with van der Waals surface area (Å²) in [4.78, 5) is 0.0805. The van der Waals surface area contributed by atoms with E-state index in [9.17, 15) is 12.8 Å². The van der Waals surface area contributed by atoms with Crippen LogP contribution in [0.3, 0.4) is 0 Å². The van der Waals surface area contributed by atoms with Crippen molar-refractivity contribution >= 4 is 33.4 Å². The van der Waals surface area contributed by atoms with E-state index < -0.39 is 10.0 Å². The van der Waals surface area contributed by atoms with Gasteiger partial charge in [0.15, 0.2) is 5.82 Å². The summed E-state index contributed by atoms with van der Waals surface area (Å²) < 4.78 is 47.6. The Morgan fingerprint density at radius 2 is 1.96 bits per heavy atom. The Kier molecular flexibility index (Phi) is 5.17. The minimum Gasteiger partial charge on any atom is -0.486 e. The average molecular weight is 441 g/mol. The van der Waals surface area contributed by atoms with Gasteiger partial charge in [-0.2, -0.15) is 17.5 Å². The van der Waals surface area contributed by atoms with Gasteiger partial charge in [-0.1, -0.05) is 29.4 Å². The smallest absolute Gasteiger partial charge is 0.277 e. The van der Waals surface area contributed by atoms with Crippen LogP contribution in [0.5, 0.6) is 5.75 Å². The van der Waals surface area contributed by atoms with E-state index in [1.165, 1.54) is 57.3 Å². The fraction of sp³-hybridized carbons (Fsp3) is 0.176. The van der Waals surface area contributed by atoms with E-state index >= 15 is 0 Å². The number of nitrogens with zero attached hydrogens (tertiary/aromatic N) is 4. The molecular weight excluding hydrogens is 427 g/mol. The number of rotatable bonds is 5. The molecule has 0 unspecified atom stereocenters. The maximum absolute atomic E-state index is 13.2. The molecule has 146 valence electrons. The van der Waals surface area contributed by atoms with Crippen LogP contribution in [0.4, 0.5) is 4.39 Å². The fourth-order valence-corrected chi connectivity index (χ4v) is 5.45. The molecule has 2 aromatic carbocycles. The van der Waals surface area contributed by atoms with Crippen LogP contribution in [0, 0.1) is 5.82 Å². The molecule has 3 aromatic rings. The zero-order chi connectivity index (χ0) is 19.7. The number of hydrogen-bond donors (Lipinski definition) is 0. The summed E-state index contributed by atoms with van der Waals surface area (Å²) in [7, 11) is -3.87. The van der Waals surface area contributed by atoms with Crippen LogP contribution < -0.4 is 9.15 Å². The van der Waals surface area contributed by atoms with Gasteiger partial charge < -0.3 is 4.74 Å². The fourth-order valence-electron chi connectivity index (χ4n) is 2.67. The van der Waals surface area contributed by atoms with E-state index in [-0.39, 0.29) is 23.9 Å². The molecule has 11 heteroatoms. The summed E-state index contributed by atoms with van der Waals surface area (Å²) in [6, 6.07) is 11.6. The SMILES string of the molecule is O=S(=O)(c1cccc(Cl)c1)N1CCSc2nnc(COc3ccc(F)cc3)n21. The summed E-state index contributed by atoms with van der Waals surface area (Å²) in [5, 5.41) is 8.91. The lowest BCUT2D eigenvalue weighted by atomic mass is 10.3. The molecule has 1 aliphatic rings. The van der Waals surface area contributed by atoms with Gasteiger partial charge in [-0.25, -0.2) is 4.39 Å². The molecule has 0 saturated carbocycles. The van der Waals surface area contributed by atoms with Gasteiger partial charge in [0.05, 0.1) is 11.4 Å². The predicted octanol–water partition coefficient (Wildman–Crippen LogP) is 3.08. The third-order valence-electron chi connectivity index (χ3n) is 3.97. The molecule has 1 aromatic heterocycles. The molecule has 0 bridgehead atoms. The number of hydrogen-bond acceptors (Lipinski definition) is 6. The van der Waals surface area contributed by atoms with Crippen molar-refractivity contribution in [2.45, 2.75) is 16.7 Å². The van der Waals surface area contributed by atoms with Gasteiger partial charge in [0.2, 0.25) is 5.16 Å². The maximum Gasteiger partial charge on any atom is 0.277 e. The van der Waals surface area contributed by atoms with E-state index in [1.54, 1.807) is 12.1 Å². The molecular formula is C17H14ClFN4O3S2. The van der Waals surface area contributed by atoms with E-state index in [0.29, 0.717) is 27.5 Å². The van der Waals surface area contributed by atoms with Crippen molar-refractivity contribution in [2.24, 2.45) is 0 Å². The zero-order valence-electron chi connectivity index (χ0n) is 14.3. The van der Waals surface area contributed by atoms with Crippen molar-refractivity contribution in [3.8, 4) is 5.75 Å². The van der Waals surface area contributed by atoms with Crippen LogP contribution >= 0.6 is 23.4 Å². The van der Waals surface area contributed by atoms with Gasteiger partial charge in [-0.15, -0.1) is 10.2 Å². The van der Waals surface area contributed by atoms with Gasteiger partial charge in [-0.05, 0) is 42.5 Å². The Balaban J connectivity index is 1.65. The van der Waals surface area contributed by atoms with Crippen LogP contribution in [-0.4, -0.2) is 35.6 Å². The summed E-state index contributed by atoms with van der Waals surface area (Å²) in [5.74, 6) is 0.919. The number of fused-ring (bicyclic) bond motifs is 1. The second kappa shape index (κ2) is 7.61. The van der Waals surface area contributed by atoms with Crippen molar-refractivity contribution < 1.29 is 17.5 Å². The highest BCUT2D eigenvalue weighted by Gasteiger charge is 2.33. The normalized spacial score (nSPS) is 14.0. The first kappa shape index (κ1) is 19.0. The topological polar surface area (TPSA) is 77.3 Å². The van der Waals surface area contributed by atoms with Crippen LogP contribution in [0.2, 0.25) is 5.02 Å². The number of ether oxygens (including phenoxy) is 1. The van der Waals surface area contributed by atoms with Crippen LogP contribution in [0.1, 0.15) is 5.82 Å². The van der Waals surface area contributed by atoms with Crippen molar-refractivity contribution in [2.75, 3.05) is 16.7 Å². The van der Waals surface area contributed by atoms with Gasteiger partial charge in [0.1, 0.15) is 18.2 Å². The van der Waals surface area contributed by atoms with Crippen molar-refractivity contribution in [3.63, 3.8) is 0 Å².